The van der Waals surface area contributed by atoms with Crippen LogP contribution in [-0.2, 0) is 28.4 Å². The fourth-order valence-electron chi connectivity index (χ4n) is 12.9. The lowest BCUT2D eigenvalue weighted by atomic mass is 9.69. The zero-order valence-corrected chi connectivity index (χ0v) is 49.7. The third-order valence-corrected chi connectivity index (χ3v) is 18.1. The van der Waals surface area contributed by atoms with Crippen molar-refractivity contribution in [2.24, 2.45) is 10.8 Å². The number of methoxy groups -OCH3 is 1. The van der Waals surface area contributed by atoms with Gasteiger partial charge >= 0.3 is 0 Å². The van der Waals surface area contributed by atoms with Gasteiger partial charge in [0.05, 0.1) is 12.9 Å². The Balaban J connectivity index is 0.000000224. The molecule has 0 saturated heterocycles. The van der Waals surface area contributed by atoms with E-state index in [0.29, 0.717) is 0 Å². The third-order valence-electron chi connectivity index (χ3n) is 18.1. The van der Waals surface area contributed by atoms with E-state index in [-0.39, 0.29) is 21.7 Å². The SMILES string of the molecule is C=C(C)Cc1cccc(-c2ccc(C(CC)(CC)c3ccc(C#CC4(C)CCCCC4)c(C)c3)cc2C)c1.C=C(Cc1cccc(-c2ccc(C(CC)(CC)c3ccc(C#CC4(C)CCCCC4)c(C)c3)cc2C)c1)OC. The molecule has 8 rings (SSSR count). The lowest BCUT2D eigenvalue weighted by molar-refractivity contribution is 0.285. The average Bonchev–Trinajstić information content (AvgIpc) is 3.44. The van der Waals surface area contributed by atoms with Gasteiger partial charge in [0.25, 0.3) is 0 Å². The maximum absolute atomic E-state index is 5.30. The molecular weight excluding hydrogens is 929 g/mol. The molecular formula is C76H92O. The molecule has 6 aromatic rings. The molecule has 2 aliphatic carbocycles. The second-order valence-corrected chi connectivity index (χ2v) is 23.9. The van der Waals surface area contributed by atoms with Crippen molar-refractivity contribution in [1.29, 1.82) is 0 Å². The fourth-order valence-corrected chi connectivity index (χ4v) is 12.9. The van der Waals surface area contributed by atoms with Crippen molar-refractivity contribution in [3.05, 3.63) is 213 Å². The normalized spacial score (nSPS) is 14.9. The Morgan fingerprint density at radius 1 is 0.481 bits per heavy atom. The number of benzene rings is 6. The molecule has 0 unspecified atom stereocenters. The first-order chi connectivity index (χ1) is 36.9. The molecule has 1 nitrogen and oxygen atoms in total. The molecule has 2 saturated carbocycles. The summed E-state index contributed by atoms with van der Waals surface area (Å²) in [6.45, 7) is 33.2. The van der Waals surface area contributed by atoms with Crippen LogP contribution in [0, 0.1) is 62.2 Å². The lowest BCUT2D eigenvalue weighted by Gasteiger charge is -2.34. The predicted octanol–water partition coefficient (Wildman–Crippen LogP) is 20.6. The van der Waals surface area contributed by atoms with Crippen LogP contribution in [0.1, 0.15) is 205 Å². The summed E-state index contributed by atoms with van der Waals surface area (Å²) in [5, 5.41) is 0. The van der Waals surface area contributed by atoms with E-state index in [0.717, 1.165) is 44.3 Å². The highest BCUT2D eigenvalue weighted by atomic mass is 16.5. The minimum absolute atomic E-state index is 0.00282. The zero-order chi connectivity index (χ0) is 55.4. The first-order valence-electron chi connectivity index (χ1n) is 29.5. The number of ether oxygens (including phenoxy) is 1. The average molecular weight is 1020 g/mol. The van der Waals surface area contributed by atoms with Crippen molar-refractivity contribution in [3.8, 4) is 45.9 Å². The highest BCUT2D eigenvalue weighted by Gasteiger charge is 2.33. The summed E-state index contributed by atoms with van der Waals surface area (Å²) in [5.74, 6) is 15.2. The number of allylic oxidation sites excluding steroid dienone is 2. The van der Waals surface area contributed by atoms with E-state index in [1.165, 1.54) is 159 Å². The van der Waals surface area contributed by atoms with Crippen molar-refractivity contribution in [2.75, 3.05) is 7.11 Å². The van der Waals surface area contributed by atoms with Crippen LogP contribution in [-0.4, -0.2) is 7.11 Å². The van der Waals surface area contributed by atoms with E-state index in [9.17, 15) is 0 Å². The molecule has 0 heterocycles. The summed E-state index contributed by atoms with van der Waals surface area (Å²) in [5.41, 5.74) is 22.4. The molecule has 2 fully saturated rings. The zero-order valence-electron chi connectivity index (χ0n) is 49.7. The number of rotatable bonds is 15. The summed E-state index contributed by atoms with van der Waals surface area (Å²) in [7, 11) is 1.68. The van der Waals surface area contributed by atoms with Crippen LogP contribution < -0.4 is 0 Å². The van der Waals surface area contributed by atoms with Crippen LogP contribution in [0.5, 0.6) is 0 Å². The third kappa shape index (κ3) is 13.9. The molecule has 0 bridgehead atoms. The molecule has 1 heteroatoms. The van der Waals surface area contributed by atoms with Crippen LogP contribution in [0.4, 0.5) is 0 Å². The minimum atomic E-state index is -0.0204. The van der Waals surface area contributed by atoms with Crippen molar-refractivity contribution in [1.82, 2.24) is 0 Å². The van der Waals surface area contributed by atoms with E-state index >= 15 is 0 Å². The van der Waals surface area contributed by atoms with Crippen LogP contribution in [0.2, 0.25) is 0 Å². The molecule has 0 amide bonds. The van der Waals surface area contributed by atoms with Gasteiger partial charge in [-0.3, -0.25) is 0 Å². The second-order valence-electron chi connectivity index (χ2n) is 23.9. The minimum Gasteiger partial charge on any atom is -0.501 e. The Kier molecular flexibility index (Phi) is 19.7. The number of aryl methyl sites for hydroxylation is 4. The molecule has 0 aliphatic heterocycles. The van der Waals surface area contributed by atoms with Gasteiger partial charge in [-0.05, 0) is 196 Å². The van der Waals surface area contributed by atoms with Gasteiger partial charge in [0, 0.05) is 39.2 Å². The summed E-state index contributed by atoms with van der Waals surface area (Å²) >= 11 is 0. The van der Waals surface area contributed by atoms with Crippen LogP contribution in [0.15, 0.2) is 146 Å². The van der Waals surface area contributed by atoms with Gasteiger partial charge in [-0.1, -0.05) is 218 Å². The van der Waals surface area contributed by atoms with E-state index in [1.54, 1.807) is 7.11 Å². The van der Waals surface area contributed by atoms with Crippen molar-refractivity contribution >= 4 is 0 Å². The maximum Gasteiger partial charge on any atom is 0.0927 e. The maximum atomic E-state index is 5.30. The number of hydrogen-bond acceptors (Lipinski definition) is 1. The van der Waals surface area contributed by atoms with E-state index in [2.05, 4.69) is 234 Å². The van der Waals surface area contributed by atoms with Gasteiger partial charge in [-0.15, -0.1) is 0 Å². The molecule has 0 aromatic heterocycles. The largest absolute Gasteiger partial charge is 0.501 e. The number of hydrogen-bond donors (Lipinski definition) is 0. The van der Waals surface area contributed by atoms with Crippen molar-refractivity contribution in [3.63, 3.8) is 0 Å². The molecule has 2 aliphatic rings. The first kappa shape index (κ1) is 58.4. The van der Waals surface area contributed by atoms with E-state index in [1.807, 2.05) is 0 Å². The summed E-state index contributed by atoms with van der Waals surface area (Å²) in [4.78, 5) is 0. The van der Waals surface area contributed by atoms with Gasteiger partial charge in [0.2, 0.25) is 0 Å². The van der Waals surface area contributed by atoms with Crippen molar-refractivity contribution < 1.29 is 4.74 Å². The van der Waals surface area contributed by atoms with E-state index < -0.39 is 0 Å². The Hall–Kier alpha value is -6.28. The van der Waals surface area contributed by atoms with Crippen LogP contribution in [0.3, 0.4) is 0 Å². The van der Waals surface area contributed by atoms with Gasteiger partial charge in [0.15, 0.2) is 0 Å². The molecule has 0 atom stereocenters. The molecule has 0 spiro atoms. The van der Waals surface area contributed by atoms with Gasteiger partial charge in [0.1, 0.15) is 0 Å². The Morgan fingerprint density at radius 2 is 0.844 bits per heavy atom. The summed E-state index contributed by atoms with van der Waals surface area (Å²) < 4.78 is 5.30. The van der Waals surface area contributed by atoms with Crippen molar-refractivity contribution in [2.45, 2.75) is 190 Å². The Bertz CT molecular complexity index is 3140. The lowest BCUT2D eigenvalue weighted by Crippen LogP contribution is -2.26. The second kappa shape index (κ2) is 25.9. The van der Waals surface area contributed by atoms with Gasteiger partial charge in [-0.2, -0.15) is 0 Å². The summed E-state index contributed by atoms with van der Waals surface area (Å²) in [6.07, 6.45) is 18.8. The topological polar surface area (TPSA) is 9.23 Å². The Labute approximate surface area is 468 Å². The summed E-state index contributed by atoms with van der Waals surface area (Å²) in [6, 6.07) is 45.9. The highest BCUT2D eigenvalue weighted by molar-refractivity contribution is 5.70. The molecule has 0 N–H and O–H groups in total. The predicted molar refractivity (Wildman–Crippen MR) is 333 cm³/mol. The smallest absolute Gasteiger partial charge is 0.0927 e. The van der Waals surface area contributed by atoms with Gasteiger partial charge < -0.3 is 4.74 Å². The van der Waals surface area contributed by atoms with Crippen LogP contribution in [0.25, 0.3) is 22.3 Å². The molecule has 402 valence electrons. The standard InChI is InChI=1S/C38H46O.C38H46/c1-8-38(9-2,34-17-16-32(28(3)24-34)20-23-37(6)21-11-10-12-22-37)35-18-19-36(29(4)25-35)33-15-13-14-31(27-33)26-30(5)39-7;1-8-38(9-2,34-17-16-32(29(5)25-34)20-23-37(7)21-11-10-12-22-37)35-18-19-36(30(6)26-35)33-15-13-14-31(27-33)24-28(3)4/h13-19,24-25,27H,5,8-12,21-22,26H2,1-4,6-7H3;13-19,25-27H,3,8-12,21-22,24H2,1-2,4-7H3. The highest BCUT2D eigenvalue weighted by Crippen LogP contribution is 2.44. The molecule has 6 aromatic carbocycles. The first-order valence-corrected chi connectivity index (χ1v) is 29.5. The molecule has 77 heavy (non-hydrogen) atoms. The molecule has 0 radical (unpaired) electrons. The van der Waals surface area contributed by atoms with Crippen LogP contribution >= 0.6 is 0 Å². The Morgan fingerprint density at radius 3 is 1.18 bits per heavy atom. The fraction of sp³-hybridized carbons (Fsp3) is 0.421. The van der Waals surface area contributed by atoms with Gasteiger partial charge in [-0.25, -0.2) is 0 Å². The quantitative estimate of drug-likeness (QED) is 0.0566. The van der Waals surface area contributed by atoms with E-state index in [4.69, 9.17) is 4.74 Å². The monoisotopic (exact) mass is 1020 g/mol.